The highest BCUT2D eigenvalue weighted by molar-refractivity contribution is 5.67. The molecule has 2 aliphatic heterocycles. The predicted octanol–water partition coefficient (Wildman–Crippen LogP) is 3.43. The second-order valence-electron chi connectivity index (χ2n) is 7.82. The fraction of sp³-hybridized carbons (Fsp3) is 0.167. The molecule has 0 radical (unpaired) electrons. The highest BCUT2D eigenvalue weighted by Crippen LogP contribution is 2.33. The van der Waals surface area contributed by atoms with E-state index >= 15 is 4.39 Å². The molecule has 4 heterocycles. The minimum Gasteiger partial charge on any atom is -0.487 e. The molecular formula is C24H19FN6O2. The van der Waals surface area contributed by atoms with E-state index in [4.69, 9.17) is 4.74 Å². The van der Waals surface area contributed by atoms with Gasteiger partial charge in [-0.25, -0.2) is 13.8 Å². The molecule has 1 atom stereocenters. The largest absolute Gasteiger partial charge is 0.487 e. The summed E-state index contributed by atoms with van der Waals surface area (Å²) in [4.78, 5) is 13.3. The number of ether oxygens (including phenoxy) is 1. The number of nitrogens with zero attached hydrogens (tertiary/aromatic N) is 6. The van der Waals surface area contributed by atoms with Crippen LogP contribution in [-0.4, -0.2) is 32.4 Å². The summed E-state index contributed by atoms with van der Waals surface area (Å²) in [5, 5.41) is 15.0. The summed E-state index contributed by atoms with van der Waals surface area (Å²) in [6, 6.07) is 15.8. The SMILES string of the molecule is O=c1c(C2CC=NN2c2ccccc2)nn(-c2ccc(-n3cccn3)cc2F)c2c1OCC2. The Morgan fingerprint density at radius 2 is 1.94 bits per heavy atom. The molecule has 0 N–H and O–H groups in total. The van der Waals surface area contributed by atoms with Crippen molar-refractivity contribution in [1.29, 1.82) is 0 Å². The molecule has 2 aliphatic rings. The van der Waals surface area contributed by atoms with E-state index in [-0.39, 0.29) is 22.6 Å². The number of fused-ring (bicyclic) bond motifs is 1. The molecule has 0 amide bonds. The average Bonchev–Trinajstić information content (AvgIpc) is 3.62. The lowest BCUT2D eigenvalue weighted by Crippen LogP contribution is -2.29. The van der Waals surface area contributed by atoms with E-state index < -0.39 is 11.9 Å². The van der Waals surface area contributed by atoms with Crippen LogP contribution >= 0.6 is 0 Å². The third-order valence-electron chi connectivity index (χ3n) is 5.84. The molecule has 33 heavy (non-hydrogen) atoms. The van der Waals surface area contributed by atoms with E-state index in [0.29, 0.717) is 30.8 Å². The van der Waals surface area contributed by atoms with Gasteiger partial charge in [0.15, 0.2) is 11.6 Å². The van der Waals surface area contributed by atoms with Crippen molar-refractivity contribution in [2.45, 2.75) is 18.9 Å². The van der Waals surface area contributed by atoms with Crippen molar-refractivity contribution in [3.8, 4) is 17.1 Å². The number of hydrogen-bond acceptors (Lipinski definition) is 6. The minimum atomic E-state index is -0.471. The number of para-hydroxylation sites is 1. The summed E-state index contributed by atoms with van der Waals surface area (Å²) in [5.41, 5.74) is 2.25. The van der Waals surface area contributed by atoms with E-state index in [0.717, 1.165) is 5.69 Å². The van der Waals surface area contributed by atoms with Gasteiger partial charge in [-0.15, -0.1) is 0 Å². The van der Waals surface area contributed by atoms with Crippen LogP contribution in [0.2, 0.25) is 0 Å². The fourth-order valence-corrected chi connectivity index (χ4v) is 4.29. The Bertz CT molecular complexity index is 1420. The van der Waals surface area contributed by atoms with Crippen molar-refractivity contribution in [3.05, 3.63) is 94.4 Å². The maximum Gasteiger partial charge on any atom is 0.247 e. The molecule has 0 fully saturated rings. The Morgan fingerprint density at radius 3 is 2.73 bits per heavy atom. The molecule has 1 unspecified atom stereocenters. The summed E-state index contributed by atoms with van der Waals surface area (Å²) in [6.07, 6.45) is 6.12. The number of hydrogen-bond donors (Lipinski definition) is 0. The first kappa shape index (κ1) is 19.4. The van der Waals surface area contributed by atoms with Crippen LogP contribution in [0.4, 0.5) is 10.1 Å². The fourth-order valence-electron chi connectivity index (χ4n) is 4.29. The van der Waals surface area contributed by atoms with Crippen molar-refractivity contribution in [1.82, 2.24) is 19.6 Å². The normalized spacial score (nSPS) is 16.8. The van der Waals surface area contributed by atoms with Crippen molar-refractivity contribution < 1.29 is 9.13 Å². The summed E-state index contributed by atoms with van der Waals surface area (Å²) in [7, 11) is 0. The zero-order valence-electron chi connectivity index (χ0n) is 17.5. The van der Waals surface area contributed by atoms with Crippen LogP contribution in [0.15, 0.2) is 76.9 Å². The molecule has 2 aromatic heterocycles. The number of hydrazone groups is 1. The lowest BCUT2D eigenvalue weighted by Gasteiger charge is -2.24. The van der Waals surface area contributed by atoms with Crippen LogP contribution in [0.3, 0.4) is 0 Å². The zero-order valence-corrected chi connectivity index (χ0v) is 17.5. The van der Waals surface area contributed by atoms with Gasteiger partial charge >= 0.3 is 0 Å². The Balaban J connectivity index is 1.48. The molecular weight excluding hydrogens is 423 g/mol. The summed E-state index contributed by atoms with van der Waals surface area (Å²) in [6.45, 7) is 0.353. The van der Waals surface area contributed by atoms with E-state index in [1.54, 1.807) is 46.5 Å². The first-order valence-electron chi connectivity index (χ1n) is 10.7. The van der Waals surface area contributed by atoms with Crippen LogP contribution < -0.4 is 15.2 Å². The van der Waals surface area contributed by atoms with Crippen LogP contribution in [0.5, 0.6) is 5.75 Å². The Hall–Kier alpha value is -4.27. The zero-order chi connectivity index (χ0) is 22.4. The van der Waals surface area contributed by atoms with Gasteiger partial charge in [-0.1, -0.05) is 18.2 Å². The van der Waals surface area contributed by atoms with Gasteiger partial charge in [0.2, 0.25) is 5.43 Å². The average molecular weight is 442 g/mol. The van der Waals surface area contributed by atoms with Gasteiger partial charge in [0.05, 0.1) is 23.7 Å². The number of halogens is 1. The van der Waals surface area contributed by atoms with Crippen LogP contribution in [0.25, 0.3) is 11.4 Å². The van der Waals surface area contributed by atoms with Crippen LogP contribution in [-0.2, 0) is 6.42 Å². The molecule has 4 aromatic rings. The van der Waals surface area contributed by atoms with E-state index in [2.05, 4.69) is 15.3 Å². The first-order valence-corrected chi connectivity index (χ1v) is 10.7. The van der Waals surface area contributed by atoms with E-state index in [9.17, 15) is 4.79 Å². The van der Waals surface area contributed by atoms with Crippen LogP contribution in [0.1, 0.15) is 23.9 Å². The third-order valence-corrected chi connectivity index (χ3v) is 5.84. The highest BCUT2D eigenvalue weighted by Gasteiger charge is 2.33. The standard InChI is InChI=1S/C24H19FN6O2/c25-18-15-17(29-13-4-11-26-29)7-8-19(18)31-21-10-14-33-24(21)23(32)22(28-31)20-9-12-27-30(20)16-5-2-1-3-6-16/h1-8,11-13,15,20H,9-10,14H2. The minimum absolute atomic E-state index is 0.232. The topological polar surface area (TPSA) is 77.5 Å². The molecule has 8 nitrogen and oxygen atoms in total. The van der Waals surface area contributed by atoms with E-state index in [1.807, 2.05) is 30.3 Å². The number of benzene rings is 2. The molecule has 0 aliphatic carbocycles. The monoisotopic (exact) mass is 442 g/mol. The van der Waals surface area contributed by atoms with Gasteiger partial charge in [0, 0.05) is 37.5 Å². The Morgan fingerprint density at radius 1 is 1.06 bits per heavy atom. The maximum absolute atomic E-state index is 15.3. The van der Waals surface area contributed by atoms with Crippen molar-refractivity contribution in [3.63, 3.8) is 0 Å². The Labute approximate surface area is 188 Å². The summed E-state index contributed by atoms with van der Waals surface area (Å²) < 4.78 is 24.1. The Kier molecular flexibility index (Phi) is 4.53. The highest BCUT2D eigenvalue weighted by atomic mass is 19.1. The van der Waals surface area contributed by atoms with E-state index in [1.165, 1.54) is 10.7 Å². The molecule has 0 saturated heterocycles. The smallest absolute Gasteiger partial charge is 0.247 e. The predicted molar refractivity (Wildman–Crippen MR) is 121 cm³/mol. The summed E-state index contributed by atoms with van der Waals surface area (Å²) >= 11 is 0. The first-order chi connectivity index (χ1) is 16.2. The molecule has 0 spiro atoms. The molecule has 9 heteroatoms. The van der Waals surface area contributed by atoms with Crippen molar-refractivity contribution >= 4 is 11.9 Å². The maximum atomic E-state index is 15.3. The van der Waals surface area contributed by atoms with Crippen molar-refractivity contribution in [2.75, 3.05) is 11.6 Å². The van der Waals surface area contributed by atoms with Gasteiger partial charge in [-0.05, 0) is 30.3 Å². The summed E-state index contributed by atoms with van der Waals surface area (Å²) in [5.74, 6) is -0.239. The molecule has 0 saturated carbocycles. The number of rotatable bonds is 4. The molecule has 6 rings (SSSR count). The lowest BCUT2D eigenvalue weighted by atomic mass is 10.1. The third kappa shape index (κ3) is 3.20. The molecule has 2 aromatic carbocycles. The van der Waals surface area contributed by atoms with Crippen molar-refractivity contribution in [2.24, 2.45) is 5.10 Å². The number of aromatic nitrogens is 4. The van der Waals surface area contributed by atoms with Gasteiger partial charge in [-0.3, -0.25) is 9.80 Å². The second kappa shape index (κ2) is 7.70. The quantitative estimate of drug-likeness (QED) is 0.484. The van der Waals surface area contributed by atoms with Gasteiger partial charge < -0.3 is 4.74 Å². The second-order valence-corrected chi connectivity index (χ2v) is 7.82. The number of anilines is 1. The van der Waals surface area contributed by atoms with Gasteiger partial charge in [-0.2, -0.15) is 15.3 Å². The lowest BCUT2D eigenvalue weighted by molar-refractivity contribution is 0.353. The molecule has 0 bridgehead atoms. The molecule has 164 valence electrons. The van der Waals surface area contributed by atoms with Gasteiger partial charge in [0.1, 0.15) is 17.4 Å². The van der Waals surface area contributed by atoms with Gasteiger partial charge in [0.25, 0.3) is 0 Å². The van der Waals surface area contributed by atoms with Crippen LogP contribution in [0, 0.1) is 5.82 Å².